The topological polar surface area (TPSA) is 47.0 Å². The third kappa shape index (κ3) is 3.38. The van der Waals surface area contributed by atoms with Crippen LogP contribution in [0.2, 0.25) is 0 Å². The second-order valence-electron chi connectivity index (χ2n) is 4.68. The van der Waals surface area contributed by atoms with E-state index in [4.69, 9.17) is 4.74 Å². The summed E-state index contributed by atoms with van der Waals surface area (Å²) in [6, 6.07) is 11.7. The lowest BCUT2D eigenvalue weighted by atomic mass is 10.2. The molecule has 5 heteroatoms. The lowest BCUT2D eigenvalue weighted by molar-refractivity contribution is 0.483. The number of hydrogen-bond donors (Lipinski definition) is 1. The highest BCUT2D eigenvalue weighted by atomic mass is 32.1. The molecule has 0 atom stereocenters. The third-order valence-corrected chi connectivity index (χ3v) is 3.74. The van der Waals surface area contributed by atoms with E-state index in [9.17, 15) is 0 Å². The van der Waals surface area contributed by atoms with E-state index in [0.717, 1.165) is 16.6 Å². The van der Waals surface area contributed by atoms with Crippen LogP contribution in [0, 0.1) is 13.8 Å². The van der Waals surface area contributed by atoms with Crippen LogP contribution in [0.1, 0.15) is 11.3 Å². The zero-order valence-corrected chi connectivity index (χ0v) is 12.6. The first-order valence-corrected chi connectivity index (χ1v) is 7.47. The molecule has 106 valence electrons. The number of anilines is 2. The Morgan fingerprint density at radius 2 is 1.90 bits per heavy atom. The Balaban J connectivity index is 1.83. The van der Waals surface area contributed by atoms with Gasteiger partial charge in [-0.05, 0) is 38.1 Å². The van der Waals surface area contributed by atoms with Crippen molar-refractivity contribution in [1.29, 1.82) is 0 Å². The predicted molar refractivity (Wildman–Crippen MR) is 85.6 cm³/mol. The molecule has 2 heterocycles. The standard InChI is InChI=1S/C16H15N3OS/c1-11-5-7-13(8-6-11)20-14-4-3-9-17-15(14)19-16-18-12(2)10-21-16/h3-10H,1-2H3,(H,17,18,19). The number of aromatic nitrogens is 2. The SMILES string of the molecule is Cc1ccc(Oc2cccnc2Nc2nc(C)cs2)cc1. The summed E-state index contributed by atoms with van der Waals surface area (Å²) < 4.78 is 5.90. The van der Waals surface area contributed by atoms with Crippen LogP contribution in [-0.4, -0.2) is 9.97 Å². The molecule has 0 aliphatic carbocycles. The minimum atomic E-state index is 0.660. The van der Waals surface area contributed by atoms with E-state index in [-0.39, 0.29) is 0 Å². The lowest BCUT2D eigenvalue weighted by Crippen LogP contribution is -1.96. The molecule has 21 heavy (non-hydrogen) atoms. The van der Waals surface area contributed by atoms with E-state index in [1.165, 1.54) is 5.56 Å². The maximum Gasteiger partial charge on any atom is 0.188 e. The zero-order chi connectivity index (χ0) is 14.7. The summed E-state index contributed by atoms with van der Waals surface area (Å²) in [4.78, 5) is 8.71. The second-order valence-corrected chi connectivity index (χ2v) is 5.54. The quantitative estimate of drug-likeness (QED) is 0.759. The molecule has 0 spiro atoms. The summed E-state index contributed by atoms with van der Waals surface area (Å²) in [7, 11) is 0. The molecule has 1 aromatic carbocycles. The summed E-state index contributed by atoms with van der Waals surface area (Å²) >= 11 is 1.54. The molecule has 4 nitrogen and oxygen atoms in total. The fourth-order valence-corrected chi connectivity index (χ4v) is 2.50. The van der Waals surface area contributed by atoms with E-state index >= 15 is 0 Å². The van der Waals surface area contributed by atoms with Crippen molar-refractivity contribution in [3.63, 3.8) is 0 Å². The van der Waals surface area contributed by atoms with Crippen LogP contribution in [0.25, 0.3) is 0 Å². The molecule has 0 saturated carbocycles. The molecule has 0 unspecified atom stereocenters. The monoisotopic (exact) mass is 297 g/mol. The Bertz CT molecular complexity index is 737. The summed E-state index contributed by atoms with van der Waals surface area (Å²) in [6.07, 6.45) is 1.73. The number of thiazole rings is 1. The Morgan fingerprint density at radius 3 is 2.62 bits per heavy atom. The van der Waals surface area contributed by atoms with Gasteiger partial charge in [0.25, 0.3) is 0 Å². The van der Waals surface area contributed by atoms with E-state index in [0.29, 0.717) is 11.6 Å². The smallest absolute Gasteiger partial charge is 0.188 e. The molecule has 0 fully saturated rings. The Labute approximate surface area is 127 Å². The maximum absolute atomic E-state index is 5.90. The normalized spacial score (nSPS) is 10.4. The van der Waals surface area contributed by atoms with Crippen LogP contribution in [0.3, 0.4) is 0 Å². The van der Waals surface area contributed by atoms with E-state index < -0.39 is 0 Å². The Hall–Kier alpha value is -2.40. The fraction of sp³-hybridized carbons (Fsp3) is 0.125. The third-order valence-electron chi connectivity index (χ3n) is 2.86. The van der Waals surface area contributed by atoms with E-state index in [1.54, 1.807) is 17.5 Å². The van der Waals surface area contributed by atoms with Crippen molar-refractivity contribution in [2.24, 2.45) is 0 Å². The number of benzene rings is 1. The molecule has 0 saturated heterocycles. The number of nitrogens with zero attached hydrogens (tertiary/aromatic N) is 2. The molecule has 0 radical (unpaired) electrons. The zero-order valence-electron chi connectivity index (χ0n) is 11.8. The average Bonchev–Trinajstić information content (AvgIpc) is 2.89. The second kappa shape index (κ2) is 5.93. The highest BCUT2D eigenvalue weighted by Crippen LogP contribution is 2.30. The first kappa shape index (κ1) is 13.6. The number of ether oxygens (including phenoxy) is 1. The largest absolute Gasteiger partial charge is 0.453 e. The van der Waals surface area contributed by atoms with Crippen LogP contribution in [0.5, 0.6) is 11.5 Å². The number of hydrogen-bond acceptors (Lipinski definition) is 5. The molecule has 0 amide bonds. The summed E-state index contributed by atoms with van der Waals surface area (Å²) in [5.41, 5.74) is 2.18. The molecule has 0 bridgehead atoms. The van der Waals surface area contributed by atoms with Gasteiger partial charge >= 0.3 is 0 Å². The van der Waals surface area contributed by atoms with Gasteiger partial charge in [0.1, 0.15) is 5.75 Å². The van der Waals surface area contributed by atoms with Crippen molar-refractivity contribution in [1.82, 2.24) is 9.97 Å². The summed E-state index contributed by atoms with van der Waals surface area (Å²) in [5.74, 6) is 2.12. The molecule has 3 rings (SSSR count). The van der Waals surface area contributed by atoms with Gasteiger partial charge in [0, 0.05) is 11.6 Å². The molecule has 0 aliphatic rings. The average molecular weight is 297 g/mol. The van der Waals surface area contributed by atoms with Crippen molar-refractivity contribution in [3.05, 3.63) is 59.2 Å². The van der Waals surface area contributed by atoms with Gasteiger partial charge in [0.15, 0.2) is 16.7 Å². The lowest BCUT2D eigenvalue weighted by Gasteiger charge is -2.10. The predicted octanol–water partition coefficient (Wildman–Crippen LogP) is 4.69. The van der Waals surface area contributed by atoms with Crippen molar-refractivity contribution in [3.8, 4) is 11.5 Å². The first-order valence-electron chi connectivity index (χ1n) is 6.59. The van der Waals surface area contributed by atoms with Gasteiger partial charge in [-0.1, -0.05) is 17.7 Å². The van der Waals surface area contributed by atoms with Gasteiger partial charge in [-0.15, -0.1) is 11.3 Å². The van der Waals surface area contributed by atoms with Gasteiger partial charge < -0.3 is 10.1 Å². The van der Waals surface area contributed by atoms with Crippen molar-refractivity contribution in [2.45, 2.75) is 13.8 Å². The van der Waals surface area contributed by atoms with Gasteiger partial charge in [0.2, 0.25) is 0 Å². The molecule has 3 aromatic rings. The Kier molecular flexibility index (Phi) is 3.83. The van der Waals surface area contributed by atoms with Gasteiger partial charge in [-0.2, -0.15) is 0 Å². The van der Waals surface area contributed by atoms with E-state index in [2.05, 4.69) is 15.3 Å². The van der Waals surface area contributed by atoms with Crippen LogP contribution in [0.4, 0.5) is 10.9 Å². The highest BCUT2D eigenvalue weighted by molar-refractivity contribution is 7.13. The summed E-state index contributed by atoms with van der Waals surface area (Å²) in [6.45, 7) is 4.01. The molecular formula is C16H15N3OS. The van der Waals surface area contributed by atoms with Gasteiger partial charge in [-0.25, -0.2) is 9.97 Å². The van der Waals surface area contributed by atoms with E-state index in [1.807, 2.05) is 55.6 Å². The van der Waals surface area contributed by atoms with Crippen LogP contribution < -0.4 is 10.1 Å². The fourth-order valence-electron chi connectivity index (χ4n) is 1.81. The van der Waals surface area contributed by atoms with Gasteiger partial charge in [-0.3, -0.25) is 0 Å². The van der Waals surface area contributed by atoms with Gasteiger partial charge in [0.05, 0.1) is 5.69 Å². The summed E-state index contributed by atoms with van der Waals surface area (Å²) in [5, 5.41) is 5.99. The van der Waals surface area contributed by atoms with Crippen molar-refractivity contribution in [2.75, 3.05) is 5.32 Å². The van der Waals surface area contributed by atoms with Crippen LogP contribution >= 0.6 is 11.3 Å². The number of pyridine rings is 1. The number of aryl methyl sites for hydroxylation is 2. The van der Waals surface area contributed by atoms with Crippen LogP contribution in [0.15, 0.2) is 48.0 Å². The Morgan fingerprint density at radius 1 is 1.10 bits per heavy atom. The molecular weight excluding hydrogens is 282 g/mol. The number of nitrogens with one attached hydrogen (secondary N) is 1. The van der Waals surface area contributed by atoms with Crippen molar-refractivity contribution >= 4 is 22.3 Å². The highest BCUT2D eigenvalue weighted by Gasteiger charge is 2.08. The molecule has 1 N–H and O–H groups in total. The van der Waals surface area contributed by atoms with Crippen LogP contribution in [-0.2, 0) is 0 Å². The molecule has 0 aliphatic heterocycles. The minimum absolute atomic E-state index is 0.660. The minimum Gasteiger partial charge on any atom is -0.453 e. The maximum atomic E-state index is 5.90. The number of rotatable bonds is 4. The van der Waals surface area contributed by atoms with Crippen molar-refractivity contribution < 1.29 is 4.74 Å². The molecule has 2 aromatic heterocycles. The first-order chi connectivity index (χ1) is 10.2.